The molecule has 0 N–H and O–H groups in total. The van der Waals surface area contributed by atoms with Crippen LogP contribution < -0.4 is 5.19 Å². The molecular formula is C20H33BO4Si. The molecule has 0 radical (unpaired) electrons. The van der Waals surface area contributed by atoms with Crippen LogP contribution in [0, 0.1) is 0 Å². The van der Waals surface area contributed by atoms with Crippen molar-refractivity contribution < 1.29 is 18.8 Å². The van der Waals surface area contributed by atoms with Crippen molar-refractivity contribution in [1.29, 1.82) is 0 Å². The molecule has 1 aliphatic rings. The van der Waals surface area contributed by atoms with Crippen LogP contribution in [0.2, 0.25) is 18.5 Å². The highest BCUT2D eigenvalue weighted by atomic mass is 28.3. The Kier molecular flexibility index (Phi) is 6.41. The molecule has 144 valence electrons. The lowest BCUT2D eigenvalue weighted by Gasteiger charge is -2.34. The van der Waals surface area contributed by atoms with Crippen molar-refractivity contribution in [3.05, 3.63) is 30.3 Å². The standard InChI is InChI=1S/C20H33BO4Si/c1-16(22)23-15-11-14-18(21-24-19(2,3)20(4,5)25-21)26(6,7)17-12-9-8-10-13-17/h8-10,12-13,18H,11,14-15H2,1-7H3. The summed E-state index contributed by atoms with van der Waals surface area (Å²) in [5, 5.41) is 1.40. The van der Waals surface area contributed by atoms with Gasteiger partial charge < -0.3 is 14.0 Å². The van der Waals surface area contributed by atoms with Crippen molar-refractivity contribution in [3.8, 4) is 0 Å². The molecule has 1 atom stereocenters. The molecule has 6 heteroatoms. The molecule has 1 aromatic carbocycles. The Labute approximate surface area is 159 Å². The van der Waals surface area contributed by atoms with Gasteiger partial charge in [0.2, 0.25) is 0 Å². The predicted octanol–water partition coefficient (Wildman–Crippen LogP) is 3.95. The second-order valence-electron chi connectivity index (χ2n) is 8.80. The monoisotopic (exact) mass is 376 g/mol. The van der Waals surface area contributed by atoms with Gasteiger partial charge in [-0.2, -0.15) is 0 Å². The van der Waals surface area contributed by atoms with E-state index in [1.807, 2.05) is 0 Å². The largest absolute Gasteiger partial charge is 0.466 e. The Bertz CT molecular complexity index is 599. The van der Waals surface area contributed by atoms with Crippen molar-refractivity contribution in [2.24, 2.45) is 0 Å². The van der Waals surface area contributed by atoms with Crippen molar-refractivity contribution in [2.75, 3.05) is 6.61 Å². The van der Waals surface area contributed by atoms with Crippen molar-refractivity contribution in [1.82, 2.24) is 0 Å². The van der Waals surface area contributed by atoms with E-state index in [0.29, 0.717) is 6.61 Å². The molecule has 26 heavy (non-hydrogen) atoms. The minimum absolute atomic E-state index is 0.225. The normalized spacial score (nSPS) is 20.0. The summed E-state index contributed by atoms with van der Waals surface area (Å²) in [6.07, 6.45) is 1.73. The molecule has 0 amide bonds. The van der Waals surface area contributed by atoms with Gasteiger partial charge in [-0.25, -0.2) is 0 Å². The van der Waals surface area contributed by atoms with Gasteiger partial charge in [-0.05, 0) is 39.6 Å². The van der Waals surface area contributed by atoms with Gasteiger partial charge in [0.05, 0.1) is 25.9 Å². The van der Waals surface area contributed by atoms with Gasteiger partial charge in [0.15, 0.2) is 0 Å². The molecule has 2 rings (SSSR count). The zero-order chi connectivity index (χ0) is 19.6. The Morgan fingerprint density at radius 2 is 1.65 bits per heavy atom. The molecule has 1 aliphatic heterocycles. The van der Waals surface area contributed by atoms with Gasteiger partial charge >= 0.3 is 13.1 Å². The maximum atomic E-state index is 11.1. The van der Waals surface area contributed by atoms with E-state index in [1.54, 1.807) is 0 Å². The molecule has 0 spiro atoms. The third-order valence-electron chi connectivity index (χ3n) is 6.01. The van der Waals surface area contributed by atoms with E-state index in [0.717, 1.165) is 12.8 Å². The van der Waals surface area contributed by atoms with Crippen LogP contribution in [0.1, 0.15) is 47.5 Å². The first-order valence-corrected chi connectivity index (χ1v) is 12.6. The van der Waals surface area contributed by atoms with Crippen LogP contribution in [0.4, 0.5) is 0 Å². The fourth-order valence-electron chi connectivity index (χ4n) is 3.49. The predicted molar refractivity (Wildman–Crippen MR) is 109 cm³/mol. The van der Waals surface area contributed by atoms with Gasteiger partial charge in [-0.15, -0.1) is 0 Å². The van der Waals surface area contributed by atoms with Gasteiger partial charge in [0, 0.05) is 6.92 Å². The highest BCUT2D eigenvalue weighted by molar-refractivity contribution is 6.97. The third-order valence-corrected chi connectivity index (χ3v) is 10.2. The lowest BCUT2D eigenvalue weighted by molar-refractivity contribution is -0.141. The Morgan fingerprint density at radius 3 is 2.15 bits per heavy atom. The number of carbonyl (C=O) groups is 1. The number of esters is 1. The van der Waals surface area contributed by atoms with Crippen LogP contribution in [-0.4, -0.2) is 39.0 Å². The van der Waals surface area contributed by atoms with E-state index in [9.17, 15) is 4.79 Å². The van der Waals surface area contributed by atoms with Gasteiger partial charge in [-0.3, -0.25) is 4.79 Å². The summed E-state index contributed by atoms with van der Waals surface area (Å²) < 4.78 is 18.0. The number of hydrogen-bond acceptors (Lipinski definition) is 4. The minimum Gasteiger partial charge on any atom is -0.466 e. The molecule has 4 nitrogen and oxygen atoms in total. The summed E-state index contributed by atoms with van der Waals surface area (Å²) in [7, 11) is -2.10. The summed E-state index contributed by atoms with van der Waals surface area (Å²) >= 11 is 0. The molecule has 0 saturated carbocycles. The molecule has 1 fully saturated rings. The number of rotatable bonds is 7. The first kappa shape index (κ1) is 21.2. The average molecular weight is 376 g/mol. The molecule has 0 aliphatic carbocycles. The first-order valence-electron chi connectivity index (χ1n) is 9.52. The van der Waals surface area contributed by atoms with E-state index in [1.165, 1.54) is 12.1 Å². The van der Waals surface area contributed by atoms with Crippen LogP contribution in [0.3, 0.4) is 0 Å². The summed E-state index contributed by atoms with van der Waals surface area (Å²) in [6.45, 7) is 15.0. The average Bonchev–Trinajstić information content (AvgIpc) is 2.75. The highest BCUT2D eigenvalue weighted by Crippen LogP contribution is 2.43. The highest BCUT2D eigenvalue weighted by Gasteiger charge is 2.56. The number of hydrogen-bond donors (Lipinski definition) is 0. The van der Waals surface area contributed by atoms with Gasteiger partial charge in [-0.1, -0.05) is 55.0 Å². The van der Waals surface area contributed by atoms with E-state index in [-0.39, 0.29) is 29.7 Å². The van der Waals surface area contributed by atoms with Crippen molar-refractivity contribution in [2.45, 2.75) is 77.2 Å². The lowest BCUT2D eigenvalue weighted by atomic mass is 9.81. The summed E-state index contributed by atoms with van der Waals surface area (Å²) in [5.74, 6) is -0.225. The zero-order valence-corrected chi connectivity index (χ0v) is 18.3. The van der Waals surface area contributed by atoms with Crippen LogP contribution in [0.15, 0.2) is 30.3 Å². The molecule has 1 unspecified atom stereocenters. The van der Waals surface area contributed by atoms with Crippen LogP contribution in [0.5, 0.6) is 0 Å². The topological polar surface area (TPSA) is 44.8 Å². The molecular weight excluding hydrogens is 343 g/mol. The summed E-state index contributed by atoms with van der Waals surface area (Å²) in [4.78, 5) is 11.1. The van der Waals surface area contributed by atoms with Crippen LogP contribution in [0.25, 0.3) is 0 Å². The SMILES string of the molecule is CC(=O)OCCCC(B1OC(C)(C)C(C)(C)O1)[Si](C)(C)c1ccccc1. The molecule has 1 heterocycles. The summed E-state index contributed by atoms with van der Waals surface area (Å²) in [5.41, 5.74) is -0.401. The zero-order valence-electron chi connectivity index (χ0n) is 17.3. The fraction of sp³-hybridized carbons (Fsp3) is 0.650. The molecule has 1 saturated heterocycles. The van der Waals surface area contributed by atoms with Crippen molar-refractivity contribution in [3.63, 3.8) is 0 Å². The molecule has 1 aromatic rings. The van der Waals surface area contributed by atoms with Crippen molar-refractivity contribution >= 4 is 26.3 Å². The quantitative estimate of drug-likeness (QED) is 0.411. The van der Waals surface area contributed by atoms with Gasteiger partial charge in [0.1, 0.15) is 0 Å². The molecule has 0 aromatic heterocycles. The minimum atomic E-state index is -1.87. The van der Waals surface area contributed by atoms with Crippen LogP contribution in [-0.2, 0) is 18.8 Å². The smallest absolute Gasteiger partial charge is 0.458 e. The molecule has 0 bridgehead atoms. The fourth-order valence-corrected chi connectivity index (χ4v) is 6.71. The number of carbonyl (C=O) groups excluding carboxylic acids is 1. The number of benzene rings is 1. The second kappa shape index (κ2) is 7.87. The van der Waals surface area contributed by atoms with E-state index >= 15 is 0 Å². The third kappa shape index (κ3) is 4.59. The first-order chi connectivity index (χ1) is 12.0. The Morgan fingerprint density at radius 1 is 1.12 bits per heavy atom. The van der Waals surface area contributed by atoms with E-state index in [2.05, 4.69) is 71.1 Å². The Balaban J connectivity index is 2.23. The lowest BCUT2D eigenvalue weighted by Crippen LogP contribution is -2.52. The van der Waals surface area contributed by atoms with E-state index < -0.39 is 8.07 Å². The Hall–Kier alpha value is -1.11. The maximum absolute atomic E-state index is 11.1. The van der Waals surface area contributed by atoms with E-state index in [4.69, 9.17) is 14.0 Å². The maximum Gasteiger partial charge on any atom is 0.458 e. The number of ether oxygens (including phenoxy) is 1. The second-order valence-corrected chi connectivity index (χ2v) is 13.6. The van der Waals surface area contributed by atoms with Crippen LogP contribution >= 0.6 is 0 Å². The van der Waals surface area contributed by atoms with Gasteiger partial charge in [0.25, 0.3) is 0 Å². The summed E-state index contributed by atoms with van der Waals surface area (Å²) in [6, 6.07) is 10.7.